The first-order valence-corrected chi connectivity index (χ1v) is 12.0. The van der Waals surface area contributed by atoms with Crippen molar-refractivity contribution >= 4 is 32.6 Å². The van der Waals surface area contributed by atoms with Crippen molar-refractivity contribution in [3.8, 4) is 11.8 Å². The Morgan fingerprint density at radius 2 is 1.87 bits per heavy atom. The van der Waals surface area contributed by atoms with Gasteiger partial charge in [0, 0.05) is 0 Å². The standard InChI is InChI=1S/C17H22N4O7S2/c1-10-7-11-5-4-6-12(15(11)30(10,25)26)9-29(23,24)21-17(22)20-16-18-13(27-2)8-14(19-16)28-3/h4-6,8,10,25-26H,7,9H2,1-3H3,(H2,18,19,20,21,22). The smallest absolute Gasteiger partial charge is 0.335 e. The Kier molecular flexibility index (Phi) is 6.08. The average molecular weight is 459 g/mol. The molecule has 0 bridgehead atoms. The fourth-order valence-corrected chi connectivity index (χ4v) is 6.13. The third kappa shape index (κ3) is 4.59. The molecule has 164 valence electrons. The van der Waals surface area contributed by atoms with Crippen LogP contribution >= 0.6 is 10.6 Å². The first-order valence-electron chi connectivity index (χ1n) is 8.72. The van der Waals surface area contributed by atoms with Crippen molar-refractivity contribution in [2.24, 2.45) is 0 Å². The van der Waals surface area contributed by atoms with E-state index in [2.05, 4.69) is 15.3 Å². The number of carbonyl (C=O) groups is 1. The minimum Gasteiger partial charge on any atom is -0.481 e. The van der Waals surface area contributed by atoms with E-state index in [0.717, 1.165) is 0 Å². The maximum Gasteiger partial charge on any atom is 0.335 e. The fourth-order valence-electron chi connectivity index (χ4n) is 3.10. The molecule has 2 amide bonds. The summed E-state index contributed by atoms with van der Waals surface area (Å²) in [6, 6.07) is 5.18. The lowest BCUT2D eigenvalue weighted by Gasteiger charge is -2.34. The molecule has 1 aromatic carbocycles. The Bertz CT molecular complexity index is 1050. The van der Waals surface area contributed by atoms with Crippen molar-refractivity contribution in [3.05, 3.63) is 35.4 Å². The number of ether oxygens (including phenoxy) is 2. The van der Waals surface area contributed by atoms with Crippen LogP contribution < -0.4 is 19.5 Å². The van der Waals surface area contributed by atoms with E-state index in [-0.39, 0.29) is 28.2 Å². The lowest BCUT2D eigenvalue weighted by Crippen LogP contribution is -2.35. The number of benzene rings is 1. The summed E-state index contributed by atoms with van der Waals surface area (Å²) in [5, 5.41) is 1.79. The van der Waals surface area contributed by atoms with E-state index in [1.165, 1.54) is 26.4 Å². The predicted molar refractivity (Wildman–Crippen MR) is 111 cm³/mol. The first kappa shape index (κ1) is 22.1. The lowest BCUT2D eigenvalue weighted by molar-refractivity contribution is 0.256. The molecule has 0 aliphatic carbocycles. The lowest BCUT2D eigenvalue weighted by atomic mass is 10.1. The van der Waals surface area contributed by atoms with Crippen LogP contribution in [-0.4, -0.2) is 53.0 Å². The van der Waals surface area contributed by atoms with E-state index in [9.17, 15) is 22.3 Å². The number of sulfonamides is 1. The van der Waals surface area contributed by atoms with E-state index in [4.69, 9.17) is 9.47 Å². The van der Waals surface area contributed by atoms with Gasteiger partial charge in [-0.25, -0.2) is 17.9 Å². The molecule has 30 heavy (non-hydrogen) atoms. The number of hydrogen-bond donors (Lipinski definition) is 4. The SMILES string of the molecule is COc1cc(OC)nc(NC(=O)NS(=O)(=O)Cc2cccc3c2S(O)(O)C(C)C3)n1. The molecule has 2 aromatic rings. The predicted octanol–water partition coefficient (Wildman–Crippen LogP) is 2.20. The van der Waals surface area contributed by atoms with Gasteiger partial charge in [-0.15, -0.1) is 0 Å². The second-order valence-electron chi connectivity index (χ2n) is 6.60. The summed E-state index contributed by atoms with van der Waals surface area (Å²) in [5.74, 6) is -0.602. The van der Waals surface area contributed by atoms with Gasteiger partial charge in [0.25, 0.3) is 0 Å². The maximum absolute atomic E-state index is 12.5. The van der Waals surface area contributed by atoms with Gasteiger partial charge in [-0.1, -0.05) is 18.2 Å². The summed E-state index contributed by atoms with van der Waals surface area (Å²) in [6.07, 6.45) is 0.439. The van der Waals surface area contributed by atoms with Crippen molar-refractivity contribution < 1.29 is 31.8 Å². The fraction of sp³-hybridized carbons (Fsp3) is 0.353. The van der Waals surface area contributed by atoms with Gasteiger partial charge in [-0.3, -0.25) is 14.4 Å². The van der Waals surface area contributed by atoms with Crippen LogP contribution in [-0.2, 0) is 22.2 Å². The molecule has 13 heteroatoms. The van der Waals surface area contributed by atoms with E-state index < -0.39 is 37.6 Å². The Labute approximate surface area is 175 Å². The number of methoxy groups -OCH3 is 2. The normalized spacial score (nSPS) is 18.2. The minimum absolute atomic E-state index is 0.110. The van der Waals surface area contributed by atoms with Gasteiger partial charge in [-0.05, 0) is 24.5 Å². The van der Waals surface area contributed by atoms with Crippen LogP contribution in [0.2, 0.25) is 0 Å². The number of hydrogen-bond acceptors (Lipinski definition) is 9. The average Bonchev–Trinajstić information content (AvgIpc) is 2.89. The Morgan fingerprint density at radius 1 is 1.23 bits per heavy atom. The highest BCUT2D eigenvalue weighted by Gasteiger charge is 2.36. The molecule has 3 rings (SSSR count). The van der Waals surface area contributed by atoms with Gasteiger partial charge >= 0.3 is 6.03 Å². The molecule has 1 aliphatic heterocycles. The zero-order valence-electron chi connectivity index (χ0n) is 16.4. The highest BCUT2D eigenvalue weighted by Crippen LogP contribution is 2.61. The number of urea groups is 1. The van der Waals surface area contributed by atoms with Crippen LogP contribution in [0.1, 0.15) is 18.1 Å². The van der Waals surface area contributed by atoms with E-state index in [0.29, 0.717) is 12.0 Å². The van der Waals surface area contributed by atoms with Crippen LogP contribution in [0.3, 0.4) is 0 Å². The molecule has 2 heterocycles. The van der Waals surface area contributed by atoms with Crippen molar-refractivity contribution in [2.75, 3.05) is 19.5 Å². The van der Waals surface area contributed by atoms with Gasteiger partial charge in [0.15, 0.2) is 0 Å². The van der Waals surface area contributed by atoms with Crippen molar-refractivity contribution in [1.82, 2.24) is 14.7 Å². The van der Waals surface area contributed by atoms with Gasteiger partial charge in [0.1, 0.15) is 0 Å². The third-order valence-electron chi connectivity index (χ3n) is 4.46. The second-order valence-corrected chi connectivity index (χ2v) is 10.7. The van der Waals surface area contributed by atoms with E-state index in [1.54, 1.807) is 19.1 Å². The van der Waals surface area contributed by atoms with Crippen LogP contribution in [0.4, 0.5) is 10.7 Å². The van der Waals surface area contributed by atoms with Gasteiger partial charge < -0.3 is 9.47 Å². The molecule has 1 aromatic heterocycles. The maximum atomic E-state index is 12.5. The monoisotopic (exact) mass is 458 g/mol. The number of nitrogens with zero attached hydrogens (tertiary/aromatic N) is 2. The molecule has 1 atom stereocenters. The molecule has 0 saturated carbocycles. The summed E-state index contributed by atoms with van der Waals surface area (Å²) < 4.78 is 57.8. The van der Waals surface area contributed by atoms with Crippen LogP contribution in [0, 0.1) is 0 Å². The number of aromatic nitrogens is 2. The Hall–Kier alpha value is -2.61. The number of amides is 2. The molecule has 0 radical (unpaired) electrons. The molecule has 1 aliphatic rings. The summed E-state index contributed by atoms with van der Waals surface area (Å²) in [4.78, 5) is 20.2. The minimum atomic E-state index is -4.16. The number of nitrogens with one attached hydrogen (secondary N) is 2. The van der Waals surface area contributed by atoms with Crippen LogP contribution in [0.15, 0.2) is 29.2 Å². The van der Waals surface area contributed by atoms with E-state index >= 15 is 0 Å². The Balaban J connectivity index is 1.76. The zero-order chi connectivity index (χ0) is 22.1. The molecule has 11 nitrogen and oxygen atoms in total. The van der Waals surface area contributed by atoms with Gasteiger partial charge in [0.05, 0.1) is 36.2 Å². The largest absolute Gasteiger partial charge is 0.481 e. The number of carbonyl (C=O) groups excluding carboxylic acids is 1. The molecule has 0 spiro atoms. The Morgan fingerprint density at radius 3 is 2.47 bits per heavy atom. The van der Waals surface area contributed by atoms with Gasteiger partial charge in [0.2, 0.25) is 27.7 Å². The molecule has 1 unspecified atom stereocenters. The molecule has 4 N–H and O–H groups in total. The molecular formula is C17H22N4O7S2. The number of anilines is 1. The number of rotatable bonds is 6. The van der Waals surface area contributed by atoms with Crippen molar-refractivity contribution in [3.63, 3.8) is 0 Å². The highest BCUT2D eigenvalue weighted by atomic mass is 32.3. The van der Waals surface area contributed by atoms with Crippen LogP contribution in [0.25, 0.3) is 0 Å². The summed E-state index contributed by atoms with van der Waals surface area (Å²) in [5.41, 5.74) is 0.924. The van der Waals surface area contributed by atoms with Crippen molar-refractivity contribution in [1.29, 1.82) is 0 Å². The van der Waals surface area contributed by atoms with Crippen LogP contribution in [0.5, 0.6) is 11.8 Å². The third-order valence-corrected chi connectivity index (χ3v) is 8.06. The van der Waals surface area contributed by atoms with E-state index in [1.807, 2.05) is 4.72 Å². The quantitative estimate of drug-likeness (QED) is 0.509. The molecular weight excluding hydrogens is 436 g/mol. The second kappa shape index (κ2) is 8.26. The zero-order valence-corrected chi connectivity index (χ0v) is 18.1. The highest BCUT2D eigenvalue weighted by molar-refractivity contribution is 8.25. The summed E-state index contributed by atoms with van der Waals surface area (Å²) in [7, 11) is -4.56. The molecule has 0 fully saturated rings. The first-order chi connectivity index (χ1) is 14.1. The summed E-state index contributed by atoms with van der Waals surface area (Å²) in [6.45, 7) is 1.70. The van der Waals surface area contributed by atoms with Gasteiger partial charge in [-0.2, -0.15) is 20.6 Å². The topological polar surface area (TPSA) is 160 Å². The summed E-state index contributed by atoms with van der Waals surface area (Å²) >= 11 is 0. The molecule has 0 saturated heterocycles. The van der Waals surface area contributed by atoms with Crippen molar-refractivity contribution in [2.45, 2.75) is 29.2 Å². The number of fused-ring (bicyclic) bond motifs is 1.